The van der Waals surface area contributed by atoms with Gasteiger partial charge in [-0.05, 0) is 37.6 Å². The van der Waals surface area contributed by atoms with Gasteiger partial charge in [0.15, 0.2) is 0 Å². The van der Waals surface area contributed by atoms with Gasteiger partial charge in [-0.15, -0.1) is 0 Å². The number of carbonyl (C=O) groups excluding carboxylic acids is 1. The normalized spacial score (nSPS) is 25.5. The van der Waals surface area contributed by atoms with E-state index in [1.54, 1.807) is 18.5 Å². The topological polar surface area (TPSA) is 64.6 Å². The molecule has 2 aliphatic heterocycles. The lowest BCUT2D eigenvalue weighted by Crippen LogP contribution is -2.36. The molecule has 0 aromatic carbocycles. The number of ether oxygens (including phenoxy) is 2. The Morgan fingerprint density at radius 1 is 1.36 bits per heavy atom. The molecule has 0 aliphatic carbocycles. The zero-order chi connectivity index (χ0) is 17.3. The van der Waals surface area contributed by atoms with Crippen molar-refractivity contribution in [2.24, 2.45) is 0 Å². The summed E-state index contributed by atoms with van der Waals surface area (Å²) in [6.07, 6.45) is 5.04. The number of pyridine rings is 2. The van der Waals surface area contributed by atoms with Crippen molar-refractivity contribution in [2.45, 2.75) is 31.5 Å². The summed E-state index contributed by atoms with van der Waals surface area (Å²) in [7, 11) is 0. The molecule has 25 heavy (non-hydrogen) atoms. The molecule has 1 spiro atoms. The molecule has 2 aromatic heterocycles. The highest BCUT2D eigenvalue weighted by Gasteiger charge is 2.47. The van der Waals surface area contributed by atoms with Crippen LogP contribution in [0.25, 0.3) is 0 Å². The fraction of sp³-hybridized carbons (Fsp3) is 0.421. The van der Waals surface area contributed by atoms with Gasteiger partial charge < -0.3 is 14.4 Å². The van der Waals surface area contributed by atoms with Crippen LogP contribution in [0, 0.1) is 6.92 Å². The van der Waals surface area contributed by atoms with Gasteiger partial charge in [0.2, 0.25) is 0 Å². The Morgan fingerprint density at radius 3 is 3.08 bits per heavy atom. The first kappa shape index (κ1) is 16.0. The predicted molar refractivity (Wildman–Crippen MR) is 91.4 cm³/mol. The van der Waals surface area contributed by atoms with Crippen molar-refractivity contribution in [1.29, 1.82) is 0 Å². The van der Waals surface area contributed by atoms with Crippen LogP contribution in [0.3, 0.4) is 0 Å². The Labute approximate surface area is 146 Å². The molecule has 0 saturated carbocycles. The molecular formula is C19H21N3O3. The van der Waals surface area contributed by atoms with Crippen molar-refractivity contribution in [3.05, 3.63) is 54.1 Å². The second kappa shape index (κ2) is 6.44. The standard InChI is InChI=1S/C19H21N3O3/c1-14-4-2-6-17(21-14)18(23)22-9-7-19(13-22)10-16(12-24-19)25-15-5-3-8-20-11-15/h2-6,8,11,16H,7,9-10,12-13H2,1H3/t16-,19+/m0/s1. The zero-order valence-corrected chi connectivity index (χ0v) is 14.2. The van der Waals surface area contributed by atoms with Crippen molar-refractivity contribution < 1.29 is 14.3 Å². The molecular weight excluding hydrogens is 318 g/mol. The summed E-state index contributed by atoms with van der Waals surface area (Å²) < 4.78 is 12.0. The van der Waals surface area contributed by atoms with E-state index in [0.29, 0.717) is 25.4 Å². The lowest BCUT2D eigenvalue weighted by atomic mass is 9.98. The van der Waals surface area contributed by atoms with Gasteiger partial charge in [0.25, 0.3) is 5.91 Å². The third-order valence-electron chi connectivity index (χ3n) is 4.82. The van der Waals surface area contributed by atoms with Gasteiger partial charge in [0.1, 0.15) is 17.5 Å². The zero-order valence-electron chi connectivity index (χ0n) is 14.2. The molecule has 2 atom stereocenters. The molecule has 1 amide bonds. The summed E-state index contributed by atoms with van der Waals surface area (Å²) in [5, 5.41) is 0. The van der Waals surface area contributed by atoms with Crippen molar-refractivity contribution in [3.8, 4) is 5.75 Å². The Morgan fingerprint density at radius 2 is 2.28 bits per heavy atom. The molecule has 6 heteroatoms. The maximum Gasteiger partial charge on any atom is 0.272 e. The summed E-state index contributed by atoms with van der Waals surface area (Å²) in [5.74, 6) is 0.726. The highest BCUT2D eigenvalue weighted by atomic mass is 16.6. The van der Waals surface area contributed by atoms with E-state index in [4.69, 9.17) is 9.47 Å². The van der Waals surface area contributed by atoms with Crippen LogP contribution < -0.4 is 4.74 Å². The summed E-state index contributed by atoms with van der Waals surface area (Å²) in [6.45, 7) is 3.71. The van der Waals surface area contributed by atoms with Crippen LogP contribution in [-0.4, -0.2) is 52.2 Å². The summed E-state index contributed by atoms with van der Waals surface area (Å²) in [5.41, 5.74) is 1.05. The molecule has 4 rings (SSSR count). The highest BCUT2D eigenvalue weighted by molar-refractivity contribution is 5.92. The Balaban J connectivity index is 1.39. The minimum atomic E-state index is -0.299. The summed E-state index contributed by atoms with van der Waals surface area (Å²) >= 11 is 0. The Hall–Kier alpha value is -2.47. The van der Waals surface area contributed by atoms with Crippen molar-refractivity contribution in [2.75, 3.05) is 19.7 Å². The fourth-order valence-electron chi connectivity index (χ4n) is 3.61. The summed E-state index contributed by atoms with van der Waals surface area (Å²) in [4.78, 5) is 22.9. The van der Waals surface area contributed by atoms with Gasteiger partial charge in [-0.3, -0.25) is 9.78 Å². The minimum absolute atomic E-state index is 0.00338. The first-order valence-electron chi connectivity index (χ1n) is 8.57. The molecule has 2 saturated heterocycles. The van der Waals surface area contributed by atoms with Gasteiger partial charge in [-0.2, -0.15) is 0 Å². The number of likely N-dealkylation sites (tertiary alicyclic amines) is 1. The van der Waals surface area contributed by atoms with Crippen LogP contribution in [0.1, 0.15) is 29.0 Å². The maximum absolute atomic E-state index is 12.7. The molecule has 2 fully saturated rings. The van der Waals surface area contributed by atoms with Crippen molar-refractivity contribution >= 4 is 5.91 Å². The third kappa shape index (κ3) is 3.35. The second-order valence-corrected chi connectivity index (χ2v) is 6.77. The minimum Gasteiger partial charge on any atom is -0.486 e. The van der Waals surface area contributed by atoms with Gasteiger partial charge in [0, 0.05) is 24.9 Å². The van der Waals surface area contributed by atoms with Gasteiger partial charge >= 0.3 is 0 Å². The Kier molecular flexibility index (Phi) is 4.13. The smallest absolute Gasteiger partial charge is 0.272 e. The number of nitrogens with zero attached hydrogens (tertiary/aromatic N) is 3. The summed E-state index contributed by atoms with van der Waals surface area (Å²) in [6, 6.07) is 9.27. The molecule has 6 nitrogen and oxygen atoms in total. The van der Waals surface area contributed by atoms with E-state index in [2.05, 4.69) is 9.97 Å². The first-order valence-corrected chi connectivity index (χ1v) is 8.57. The number of rotatable bonds is 3. The average Bonchev–Trinajstić information content (AvgIpc) is 3.22. The van der Waals surface area contributed by atoms with E-state index in [-0.39, 0.29) is 17.6 Å². The molecule has 2 aliphatic rings. The molecule has 0 N–H and O–H groups in total. The Bertz CT molecular complexity index is 768. The van der Waals surface area contributed by atoms with E-state index >= 15 is 0 Å². The van der Waals surface area contributed by atoms with E-state index in [1.807, 2.05) is 36.1 Å². The maximum atomic E-state index is 12.7. The van der Waals surface area contributed by atoms with Crippen LogP contribution in [-0.2, 0) is 4.74 Å². The first-order chi connectivity index (χ1) is 12.1. The molecule has 130 valence electrons. The van der Waals surface area contributed by atoms with Gasteiger partial charge in [0.05, 0.1) is 24.9 Å². The second-order valence-electron chi connectivity index (χ2n) is 6.77. The number of amides is 1. The molecule has 0 unspecified atom stereocenters. The monoisotopic (exact) mass is 339 g/mol. The van der Waals surface area contributed by atoms with Crippen LogP contribution in [0.5, 0.6) is 5.75 Å². The lowest BCUT2D eigenvalue weighted by molar-refractivity contribution is 0.00989. The third-order valence-corrected chi connectivity index (χ3v) is 4.82. The molecule has 2 aromatic rings. The van der Waals surface area contributed by atoms with Crippen LogP contribution in [0.4, 0.5) is 0 Å². The quantitative estimate of drug-likeness (QED) is 0.858. The predicted octanol–water partition coefficient (Wildman–Crippen LogP) is 2.24. The van der Waals surface area contributed by atoms with Crippen LogP contribution in [0.2, 0.25) is 0 Å². The molecule has 0 bridgehead atoms. The molecule has 4 heterocycles. The van der Waals surface area contributed by atoms with E-state index in [1.165, 1.54) is 0 Å². The van der Waals surface area contributed by atoms with Crippen LogP contribution >= 0.6 is 0 Å². The molecule has 0 radical (unpaired) electrons. The van der Waals surface area contributed by atoms with Gasteiger partial charge in [-0.25, -0.2) is 4.98 Å². The van der Waals surface area contributed by atoms with Gasteiger partial charge in [-0.1, -0.05) is 6.07 Å². The van der Waals surface area contributed by atoms with E-state index < -0.39 is 0 Å². The van der Waals surface area contributed by atoms with E-state index in [0.717, 1.165) is 24.3 Å². The van der Waals surface area contributed by atoms with E-state index in [9.17, 15) is 4.79 Å². The number of hydrogen-bond donors (Lipinski definition) is 0. The lowest BCUT2D eigenvalue weighted by Gasteiger charge is -2.23. The highest BCUT2D eigenvalue weighted by Crippen LogP contribution is 2.37. The number of carbonyl (C=O) groups is 1. The SMILES string of the molecule is Cc1cccc(C(=O)N2CC[C@@]3(C[C@H](Oc4cccnc4)CO3)C2)n1. The number of aromatic nitrogens is 2. The number of hydrogen-bond acceptors (Lipinski definition) is 5. The average molecular weight is 339 g/mol. The number of aryl methyl sites for hydroxylation is 1. The van der Waals surface area contributed by atoms with Crippen LogP contribution in [0.15, 0.2) is 42.7 Å². The fourth-order valence-corrected chi connectivity index (χ4v) is 3.61. The largest absolute Gasteiger partial charge is 0.486 e. The van der Waals surface area contributed by atoms with Crippen molar-refractivity contribution in [1.82, 2.24) is 14.9 Å². The van der Waals surface area contributed by atoms with Crippen molar-refractivity contribution in [3.63, 3.8) is 0 Å².